The molecule has 178 valence electrons. The first kappa shape index (κ1) is 23.0. The number of ether oxygens (including phenoxy) is 2. The molecule has 5 heteroatoms. The summed E-state index contributed by atoms with van der Waals surface area (Å²) in [6.07, 6.45) is 1.71. The highest BCUT2D eigenvalue weighted by Gasteiger charge is 2.25. The fraction of sp³-hybridized carbons (Fsp3) is 0.0645. The fourth-order valence-corrected chi connectivity index (χ4v) is 4.25. The molecule has 5 aromatic rings. The van der Waals surface area contributed by atoms with Gasteiger partial charge in [0.15, 0.2) is 5.75 Å². The monoisotopic (exact) mass is 474 g/mol. The van der Waals surface area contributed by atoms with Gasteiger partial charge in [-0.1, -0.05) is 60.7 Å². The van der Waals surface area contributed by atoms with E-state index in [0.29, 0.717) is 5.69 Å². The minimum Gasteiger partial charge on any atom is -0.505 e. The SMILES string of the molecule is COc1ccc(N=Cc2c(O)c(-c3ccccc3)c(-c3ccccc3)n2-c2ccc(OC)cc2)cc1. The van der Waals surface area contributed by atoms with Gasteiger partial charge in [0, 0.05) is 5.69 Å². The van der Waals surface area contributed by atoms with E-state index >= 15 is 0 Å². The summed E-state index contributed by atoms with van der Waals surface area (Å²) in [5, 5.41) is 11.7. The number of benzene rings is 4. The number of rotatable bonds is 7. The lowest BCUT2D eigenvalue weighted by atomic mass is 10.0. The summed E-state index contributed by atoms with van der Waals surface area (Å²) in [5.41, 5.74) is 5.72. The summed E-state index contributed by atoms with van der Waals surface area (Å²) in [4.78, 5) is 4.69. The lowest BCUT2D eigenvalue weighted by Gasteiger charge is -2.14. The molecule has 36 heavy (non-hydrogen) atoms. The molecule has 0 aliphatic rings. The average Bonchev–Trinajstić information content (AvgIpc) is 3.25. The zero-order valence-corrected chi connectivity index (χ0v) is 20.1. The fourth-order valence-electron chi connectivity index (χ4n) is 4.25. The van der Waals surface area contributed by atoms with Gasteiger partial charge in [-0.3, -0.25) is 4.99 Å². The third kappa shape index (κ3) is 4.46. The Balaban J connectivity index is 1.78. The number of nitrogens with zero attached hydrogens (tertiary/aromatic N) is 2. The van der Waals surface area contributed by atoms with Crippen molar-refractivity contribution in [1.82, 2.24) is 4.57 Å². The van der Waals surface area contributed by atoms with Crippen molar-refractivity contribution in [3.8, 4) is 45.3 Å². The van der Waals surface area contributed by atoms with E-state index in [2.05, 4.69) is 4.99 Å². The maximum atomic E-state index is 11.7. The number of hydrogen-bond acceptors (Lipinski definition) is 4. The van der Waals surface area contributed by atoms with Gasteiger partial charge in [-0.25, -0.2) is 0 Å². The summed E-state index contributed by atoms with van der Waals surface area (Å²) < 4.78 is 12.7. The quantitative estimate of drug-likeness (QED) is 0.252. The molecule has 0 aliphatic carbocycles. The van der Waals surface area contributed by atoms with Crippen LogP contribution in [0, 0.1) is 0 Å². The third-order valence-electron chi connectivity index (χ3n) is 6.03. The van der Waals surface area contributed by atoms with Gasteiger partial charge < -0.3 is 19.1 Å². The van der Waals surface area contributed by atoms with Gasteiger partial charge in [-0.15, -0.1) is 0 Å². The molecule has 0 amide bonds. The summed E-state index contributed by atoms with van der Waals surface area (Å²) in [5.74, 6) is 1.68. The van der Waals surface area contributed by atoms with Crippen LogP contribution in [0.4, 0.5) is 5.69 Å². The minimum absolute atomic E-state index is 0.160. The normalized spacial score (nSPS) is 11.1. The van der Waals surface area contributed by atoms with Crippen LogP contribution in [0.1, 0.15) is 5.69 Å². The van der Waals surface area contributed by atoms with E-state index in [0.717, 1.165) is 45.3 Å². The van der Waals surface area contributed by atoms with Crippen LogP contribution in [0.2, 0.25) is 0 Å². The lowest BCUT2D eigenvalue weighted by molar-refractivity contribution is 0.414. The molecule has 4 aromatic carbocycles. The molecule has 0 saturated carbocycles. The molecule has 0 bridgehead atoms. The van der Waals surface area contributed by atoms with Crippen LogP contribution in [0.15, 0.2) is 114 Å². The highest BCUT2D eigenvalue weighted by atomic mass is 16.5. The van der Waals surface area contributed by atoms with Gasteiger partial charge in [0.05, 0.1) is 37.4 Å². The van der Waals surface area contributed by atoms with Crippen LogP contribution in [0.5, 0.6) is 17.2 Å². The summed E-state index contributed by atoms with van der Waals surface area (Å²) >= 11 is 0. The molecule has 0 radical (unpaired) electrons. The third-order valence-corrected chi connectivity index (χ3v) is 6.03. The van der Waals surface area contributed by atoms with Crippen LogP contribution in [-0.4, -0.2) is 30.1 Å². The molecular weight excluding hydrogens is 448 g/mol. The summed E-state index contributed by atoms with van der Waals surface area (Å²) in [6.45, 7) is 0. The Labute approximate surface area is 210 Å². The number of aliphatic imine (C=N–C) groups is 1. The Morgan fingerprint density at radius 3 is 1.75 bits per heavy atom. The number of aromatic nitrogens is 1. The van der Waals surface area contributed by atoms with Crippen LogP contribution >= 0.6 is 0 Å². The molecule has 0 aliphatic heterocycles. The zero-order chi connectivity index (χ0) is 24.9. The van der Waals surface area contributed by atoms with Gasteiger partial charge >= 0.3 is 0 Å². The van der Waals surface area contributed by atoms with E-state index in [4.69, 9.17) is 9.47 Å². The summed E-state index contributed by atoms with van der Waals surface area (Å²) in [6, 6.07) is 35.2. The smallest absolute Gasteiger partial charge is 0.151 e. The van der Waals surface area contributed by atoms with Crippen molar-refractivity contribution < 1.29 is 14.6 Å². The van der Waals surface area contributed by atoms with Crippen molar-refractivity contribution >= 4 is 11.9 Å². The second kappa shape index (κ2) is 10.2. The van der Waals surface area contributed by atoms with E-state index in [1.807, 2.05) is 114 Å². The molecule has 1 N–H and O–H groups in total. The standard InChI is InChI=1S/C31H26N2O3/c1-35-26-17-13-24(14-18-26)32-21-28-31(34)29(22-9-5-3-6-10-22)30(23-11-7-4-8-12-23)33(28)25-15-19-27(36-2)20-16-25/h3-21,34H,1-2H3. The van der Waals surface area contributed by atoms with Crippen molar-refractivity contribution in [2.45, 2.75) is 0 Å². The minimum atomic E-state index is 0.160. The Morgan fingerprint density at radius 2 is 1.19 bits per heavy atom. The second-order valence-corrected chi connectivity index (χ2v) is 8.18. The highest BCUT2D eigenvalue weighted by Crippen LogP contribution is 2.44. The molecule has 0 saturated heterocycles. The summed E-state index contributed by atoms with van der Waals surface area (Å²) in [7, 11) is 3.28. The maximum Gasteiger partial charge on any atom is 0.151 e. The van der Waals surface area contributed by atoms with Crippen molar-refractivity contribution in [1.29, 1.82) is 0 Å². The van der Waals surface area contributed by atoms with E-state index < -0.39 is 0 Å². The van der Waals surface area contributed by atoms with Crippen LogP contribution in [-0.2, 0) is 0 Å². The molecule has 0 unspecified atom stereocenters. The Hall–Kier alpha value is -4.77. The van der Waals surface area contributed by atoms with E-state index in [1.54, 1.807) is 20.4 Å². The predicted molar refractivity (Wildman–Crippen MR) is 145 cm³/mol. The van der Waals surface area contributed by atoms with Gasteiger partial charge in [-0.2, -0.15) is 0 Å². The molecule has 1 aromatic heterocycles. The number of hydrogen-bond donors (Lipinski definition) is 1. The molecule has 0 spiro atoms. The van der Waals surface area contributed by atoms with E-state index in [-0.39, 0.29) is 5.75 Å². The molecule has 0 fully saturated rings. The molecular formula is C31H26N2O3. The zero-order valence-electron chi connectivity index (χ0n) is 20.1. The molecule has 5 rings (SSSR count). The van der Waals surface area contributed by atoms with Crippen LogP contribution < -0.4 is 9.47 Å². The second-order valence-electron chi connectivity index (χ2n) is 8.18. The molecule has 5 nitrogen and oxygen atoms in total. The van der Waals surface area contributed by atoms with Crippen molar-refractivity contribution in [3.05, 3.63) is 115 Å². The average molecular weight is 475 g/mol. The van der Waals surface area contributed by atoms with Crippen molar-refractivity contribution in [2.24, 2.45) is 4.99 Å². The first-order valence-corrected chi connectivity index (χ1v) is 11.6. The van der Waals surface area contributed by atoms with Crippen LogP contribution in [0.25, 0.3) is 28.1 Å². The number of aromatic hydroxyl groups is 1. The molecule has 1 heterocycles. The lowest BCUT2D eigenvalue weighted by Crippen LogP contribution is -2.02. The largest absolute Gasteiger partial charge is 0.505 e. The maximum absolute atomic E-state index is 11.7. The van der Waals surface area contributed by atoms with Gasteiger partial charge in [-0.05, 0) is 59.7 Å². The van der Waals surface area contributed by atoms with Gasteiger partial charge in [0.2, 0.25) is 0 Å². The molecule has 0 atom stereocenters. The van der Waals surface area contributed by atoms with Crippen molar-refractivity contribution in [3.63, 3.8) is 0 Å². The highest BCUT2D eigenvalue weighted by molar-refractivity contribution is 5.97. The van der Waals surface area contributed by atoms with Gasteiger partial charge in [0.1, 0.15) is 17.2 Å². The Kier molecular flexibility index (Phi) is 6.54. The van der Waals surface area contributed by atoms with E-state index in [1.165, 1.54) is 0 Å². The predicted octanol–water partition coefficient (Wildman–Crippen LogP) is 7.28. The number of methoxy groups -OCH3 is 2. The van der Waals surface area contributed by atoms with Crippen molar-refractivity contribution in [2.75, 3.05) is 14.2 Å². The topological polar surface area (TPSA) is 56.0 Å². The van der Waals surface area contributed by atoms with Gasteiger partial charge in [0.25, 0.3) is 0 Å². The first-order valence-electron chi connectivity index (χ1n) is 11.6. The Bertz CT molecular complexity index is 1470. The van der Waals surface area contributed by atoms with E-state index in [9.17, 15) is 5.11 Å². The first-order chi connectivity index (χ1) is 17.7. The Morgan fingerprint density at radius 1 is 0.667 bits per heavy atom. The van der Waals surface area contributed by atoms with Crippen LogP contribution in [0.3, 0.4) is 0 Å².